The number of hydrogen-bond acceptors (Lipinski definition) is 3. The van der Waals surface area contributed by atoms with Gasteiger partial charge in [-0.15, -0.1) is 0 Å². The van der Waals surface area contributed by atoms with Crippen LogP contribution in [0.3, 0.4) is 0 Å². The number of benzene rings is 1. The lowest BCUT2D eigenvalue weighted by atomic mass is 10.0. The maximum atomic E-state index is 5.59. The molecule has 0 spiro atoms. The van der Waals surface area contributed by atoms with Crippen LogP contribution in [0.5, 0.6) is 5.75 Å². The molecule has 1 aromatic rings. The molecule has 3 nitrogen and oxygen atoms in total. The monoisotopic (exact) mass is 276 g/mol. The third-order valence-corrected chi connectivity index (χ3v) is 4.21. The highest BCUT2D eigenvalue weighted by atomic mass is 16.5. The molecule has 0 heterocycles. The second-order valence-electron chi connectivity index (χ2n) is 6.09. The molecule has 1 saturated carbocycles. The summed E-state index contributed by atoms with van der Waals surface area (Å²) >= 11 is 0. The predicted octanol–water partition coefficient (Wildman–Crippen LogP) is 3.60. The quantitative estimate of drug-likeness (QED) is 0.823. The Hall–Kier alpha value is -1.22. The molecular formula is C17H28N2O. The molecule has 1 unspecified atom stereocenters. The number of anilines is 1. The molecule has 2 rings (SSSR count). The molecule has 20 heavy (non-hydrogen) atoms. The van der Waals surface area contributed by atoms with Crippen molar-refractivity contribution >= 4 is 5.69 Å². The molecule has 1 aromatic carbocycles. The summed E-state index contributed by atoms with van der Waals surface area (Å²) in [6, 6.07) is 7.17. The summed E-state index contributed by atoms with van der Waals surface area (Å²) in [5, 5.41) is 3.35. The lowest BCUT2D eigenvalue weighted by Gasteiger charge is -2.33. The van der Waals surface area contributed by atoms with E-state index in [0.29, 0.717) is 6.04 Å². The Bertz CT molecular complexity index is 441. The number of nitrogens with one attached hydrogen (secondary N) is 1. The van der Waals surface area contributed by atoms with Gasteiger partial charge in [-0.3, -0.25) is 0 Å². The summed E-state index contributed by atoms with van der Waals surface area (Å²) in [6.45, 7) is 7.90. The summed E-state index contributed by atoms with van der Waals surface area (Å²) < 4.78 is 5.59. The minimum atomic E-state index is 0.279. The topological polar surface area (TPSA) is 24.5 Å². The molecule has 1 aliphatic rings. The first-order valence-electron chi connectivity index (χ1n) is 7.69. The molecule has 1 fully saturated rings. The van der Waals surface area contributed by atoms with E-state index in [4.69, 9.17) is 4.74 Å². The van der Waals surface area contributed by atoms with Gasteiger partial charge in [0.25, 0.3) is 0 Å². The Morgan fingerprint density at radius 2 is 2.00 bits per heavy atom. The number of ether oxygens (including phenoxy) is 1. The second kappa shape index (κ2) is 6.49. The Kier molecular flexibility index (Phi) is 4.92. The average molecular weight is 276 g/mol. The van der Waals surface area contributed by atoms with Gasteiger partial charge in [-0.25, -0.2) is 0 Å². The van der Waals surface area contributed by atoms with E-state index in [-0.39, 0.29) is 6.04 Å². The second-order valence-corrected chi connectivity index (χ2v) is 6.09. The van der Waals surface area contributed by atoms with Gasteiger partial charge in [0, 0.05) is 29.9 Å². The SMILES string of the molecule is CNC(C)c1c(OC)cccc1N(CC1CC1)C(C)C. The number of rotatable bonds is 7. The first-order valence-corrected chi connectivity index (χ1v) is 7.69. The van der Waals surface area contributed by atoms with Crippen LogP contribution in [0.15, 0.2) is 18.2 Å². The van der Waals surface area contributed by atoms with Crippen molar-refractivity contribution in [3.05, 3.63) is 23.8 Å². The standard InChI is InChI=1S/C17H28N2O/c1-12(2)19(11-14-9-10-14)15-7-6-8-16(20-5)17(15)13(3)18-4/h6-8,12-14,18H,9-11H2,1-5H3. The van der Waals surface area contributed by atoms with Gasteiger partial charge in [-0.1, -0.05) is 6.07 Å². The van der Waals surface area contributed by atoms with Crippen LogP contribution in [0.2, 0.25) is 0 Å². The molecule has 1 atom stereocenters. The van der Waals surface area contributed by atoms with Crippen molar-refractivity contribution in [1.82, 2.24) is 5.32 Å². The van der Waals surface area contributed by atoms with Gasteiger partial charge in [-0.2, -0.15) is 0 Å². The maximum Gasteiger partial charge on any atom is 0.125 e. The molecule has 0 saturated heterocycles. The average Bonchev–Trinajstić information content (AvgIpc) is 3.26. The van der Waals surface area contributed by atoms with Crippen molar-refractivity contribution in [2.24, 2.45) is 5.92 Å². The Labute approximate surface area is 123 Å². The van der Waals surface area contributed by atoms with E-state index in [0.717, 1.165) is 18.2 Å². The van der Waals surface area contributed by atoms with Gasteiger partial charge >= 0.3 is 0 Å². The normalized spacial score (nSPS) is 16.3. The van der Waals surface area contributed by atoms with Crippen molar-refractivity contribution in [1.29, 1.82) is 0 Å². The zero-order valence-corrected chi connectivity index (χ0v) is 13.4. The summed E-state index contributed by atoms with van der Waals surface area (Å²) in [4.78, 5) is 2.53. The third kappa shape index (κ3) is 3.26. The Morgan fingerprint density at radius 3 is 2.50 bits per heavy atom. The zero-order valence-electron chi connectivity index (χ0n) is 13.4. The van der Waals surface area contributed by atoms with Gasteiger partial charge in [0.05, 0.1) is 7.11 Å². The molecule has 0 aliphatic heterocycles. The van der Waals surface area contributed by atoms with Gasteiger partial charge < -0.3 is 15.0 Å². The molecule has 112 valence electrons. The van der Waals surface area contributed by atoms with Gasteiger partial charge in [0.15, 0.2) is 0 Å². The smallest absolute Gasteiger partial charge is 0.125 e. The van der Waals surface area contributed by atoms with E-state index >= 15 is 0 Å². The lowest BCUT2D eigenvalue weighted by Crippen LogP contribution is -2.34. The molecular weight excluding hydrogens is 248 g/mol. The van der Waals surface area contributed by atoms with Gasteiger partial charge in [0.1, 0.15) is 5.75 Å². The summed E-state index contributed by atoms with van der Waals surface area (Å²) in [6.07, 6.45) is 2.76. The van der Waals surface area contributed by atoms with Crippen molar-refractivity contribution < 1.29 is 4.74 Å². The maximum absolute atomic E-state index is 5.59. The van der Waals surface area contributed by atoms with Crippen LogP contribution in [-0.4, -0.2) is 26.7 Å². The fourth-order valence-electron chi connectivity index (χ4n) is 2.71. The summed E-state index contributed by atoms with van der Waals surface area (Å²) in [5.41, 5.74) is 2.58. The van der Waals surface area contributed by atoms with Crippen LogP contribution in [0.25, 0.3) is 0 Å². The number of methoxy groups -OCH3 is 1. The lowest BCUT2D eigenvalue weighted by molar-refractivity contribution is 0.403. The fourth-order valence-corrected chi connectivity index (χ4v) is 2.71. The molecule has 0 bridgehead atoms. The van der Waals surface area contributed by atoms with E-state index in [1.807, 2.05) is 7.05 Å². The van der Waals surface area contributed by atoms with Crippen LogP contribution in [0.4, 0.5) is 5.69 Å². The Morgan fingerprint density at radius 1 is 1.30 bits per heavy atom. The highest BCUT2D eigenvalue weighted by molar-refractivity contribution is 5.61. The molecule has 1 aliphatic carbocycles. The Balaban J connectivity index is 2.40. The zero-order chi connectivity index (χ0) is 14.7. The fraction of sp³-hybridized carbons (Fsp3) is 0.647. The first-order chi connectivity index (χ1) is 9.58. The highest BCUT2D eigenvalue weighted by Crippen LogP contribution is 2.38. The van der Waals surface area contributed by atoms with Gasteiger partial charge in [-0.05, 0) is 58.7 Å². The minimum absolute atomic E-state index is 0.279. The van der Waals surface area contributed by atoms with E-state index in [1.165, 1.54) is 24.1 Å². The summed E-state index contributed by atoms with van der Waals surface area (Å²) in [5.74, 6) is 1.85. The van der Waals surface area contributed by atoms with Crippen LogP contribution in [0.1, 0.15) is 45.2 Å². The number of nitrogens with zero attached hydrogens (tertiary/aromatic N) is 1. The van der Waals surface area contributed by atoms with E-state index in [9.17, 15) is 0 Å². The van der Waals surface area contributed by atoms with E-state index in [2.05, 4.69) is 49.2 Å². The van der Waals surface area contributed by atoms with Crippen molar-refractivity contribution in [2.45, 2.75) is 45.7 Å². The van der Waals surface area contributed by atoms with Crippen LogP contribution < -0.4 is 15.0 Å². The predicted molar refractivity (Wildman–Crippen MR) is 85.7 cm³/mol. The molecule has 1 N–H and O–H groups in total. The van der Waals surface area contributed by atoms with Crippen LogP contribution in [-0.2, 0) is 0 Å². The van der Waals surface area contributed by atoms with Crippen LogP contribution in [0, 0.1) is 5.92 Å². The third-order valence-electron chi connectivity index (χ3n) is 4.21. The summed E-state index contributed by atoms with van der Waals surface area (Å²) in [7, 11) is 3.76. The largest absolute Gasteiger partial charge is 0.496 e. The van der Waals surface area contributed by atoms with E-state index < -0.39 is 0 Å². The number of hydrogen-bond donors (Lipinski definition) is 1. The van der Waals surface area contributed by atoms with Crippen molar-refractivity contribution in [3.8, 4) is 5.75 Å². The molecule has 0 aromatic heterocycles. The molecule has 0 radical (unpaired) electrons. The first kappa shape index (κ1) is 15.2. The van der Waals surface area contributed by atoms with Gasteiger partial charge in [0.2, 0.25) is 0 Å². The van der Waals surface area contributed by atoms with Crippen molar-refractivity contribution in [2.75, 3.05) is 25.6 Å². The van der Waals surface area contributed by atoms with Crippen LogP contribution >= 0.6 is 0 Å². The van der Waals surface area contributed by atoms with Crippen molar-refractivity contribution in [3.63, 3.8) is 0 Å². The highest BCUT2D eigenvalue weighted by Gasteiger charge is 2.28. The molecule has 3 heteroatoms. The minimum Gasteiger partial charge on any atom is -0.496 e. The van der Waals surface area contributed by atoms with E-state index in [1.54, 1.807) is 7.11 Å². The molecule has 0 amide bonds.